The summed E-state index contributed by atoms with van der Waals surface area (Å²) < 4.78 is 38.4. The lowest BCUT2D eigenvalue weighted by Gasteiger charge is -2.05. The maximum Gasteiger partial charge on any atom is 0.173 e. The van der Waals surface area contributed by atoms with Gasteiger partial charge in [-0.2, -0.15) is 0 Å². The van der Waals surface area contributed by atoms with Crippen molar-refractivity contribution in [2.75, 3.05) is 7.11 Å². The van der Waals surface area contributed by atoms with Crippen molar-refractivity contribution in [1.82, 2.24) is 0 Å². The average Bonchev–Trinajstić information content (AvgIpc) is 2.64. The highest BCUT2D eigenvalue weighted by molar-refractivity contribution is 7.85. The zero-order valence-corrected chi connectivity index (χ0v) is 16.6. The normalized spacial score (nSPS) is 10.7. The third-order valence-electron chi connectivity index (χ3n) is 3.66. The van der Waals surface area contributed by atoms with Crippen molar-refractivity contribution >= 4 is 21.7 Å². The Morgan fingerprint density at radius 2 is 1.67 bits per heavy atom. The summed E-state index contributed by atoms with van der Waals surface area (Å²) in [6.45, 7) is 2.63. The summed E-state index contributed by atoms with van der Waals surface area (Å²) in [6.07, 6.45) is 3.92. The lowest BCUT2D eigenvalue weighted by molar-refractivity contribution is -0.688. The van der Waals surface area contributed by atoms with Gasteiger partial charge in [0.1, 0.15) is 15.9 Å². The van der Waals surface area contributed by atoms with Gasteiger partial charge in [-0.05, 0) is 31.2 Å². The minimum absolute atomic E-state index is 0.178. The van der Waals surface area contributed by atoms with Crippen LogP contribution >= 0.6 is 11.6 Å². The number of aryl methyl sites for hydroxylation is 1. The summed E-state index contributed by atoms with van der Waals surface area (Å²) in [6, 6.07) is 17.6. The zero-order valence-electron chi connectivity index (χ0n) is 15.0. The lowest BCUT2D eigenvalue weighted by Crippen LogP contribution is -2.32. The molecule has 3 aromatic rings. The van der Waals surface area contributed by atoms with Crippen molar-refractivity contribution in [1.29, 1.82) is 0 Å². The van der Waals surface area contributed by atoms with Crippen molar-refractivity contribution in [3.63, 3.8) is 0 Å². The molecule has 0 bridgehead atoms. The first-order chi connectivity index (χ1) is 12.8. The summed E-state index contributed by atoms with van der Waals surface area (Å²) in [5.41, 5.74) is 2.13. The van der Waals surface area contributed by atoms with Crippen LogP contribution in [0.4, 0.5) is 0 Å². The highest BCUT2D eigenvalue weighted by Crippen LogP contribution is 2.12. The van der Waals surface area contributed by atoms with Crippen LogP contribution < -0.4 is 9.30 Å². The van der Waals surface area contributed by atoms with Crippen LogP contribution in [0.25, 0.3) is 0 Å². The van der Waals surface area contributed by atoms with Gasteiger partial charge in [0, 0.05) is 17.7 Å². The van der Waals surface area contributed by atoms with E-state index in [9.17, 15) is 13.0 Å². The van der Waals surface area contributed by atoms with E-state index in [1.807, 2.05) is 49.6 Å². The van der Waals surface area contributed by atoms with Gasteiger partial charge in [0.15, 0.2) is 18.9 Å². The van der Waals surface area contributed by atoms with Crippen molar-refractivity contribution in [2.24, 2.45) is 0 Å². The molecule has 0 amide bonds. The number of ether oxygens (including phenoxy) is 1. The molecule has 0 saturated heterocycles. The van der Waals surface area contributed by atoms with Crippen molar-refractivity contribution < 1.29 is 22.3 Å². The molecule has 2 aromatic carbocycles. The molecule has 0 atom stereocenters. The van der Waals surface area contributed by atoms with Gasteiger partial charge in [-0.15, -0.1) is 0 Å². The molecule has 0 fully saturated rings. The Labute approximate surface area is 164 Å². The Morgan fingerprint density at radius 3 is 2.22 bits per heavy atom. The summed E-state index contributed by atoms with van der Waals surface area (Å²) in [5.74, 6) is 0.882. The Bertz CT molecular complexity index is 972. The molecule has 0 aliphatic rings. The maximum atomic E-state index is 10.4. The van der Waals surface area contributed by atoms with Crippen molar-refractivity contribution in [3.05, 3.63) is 89.2 Å². The Kier molecular flexibility index (Phi) is 7.36. The quantitative estimate of drug-likeness (QED) is 0.491. The van der Waals surface area contributed by atoms with E-state index >= 15 is 0 Å². The number of pyridine rings is 1. The number of methoxy groups -OCH3 is 1. The molecule has 0 unspecified atom stereocenters. The summed E-state index contributed by atoms with van der Waals surface area (Å²) >= 11 is 5.83. The fraction of sp³-hybridized carbons (Fsp3) is 0.150. The highest BCUT2D eigenvalue weighted by atomic mass is 35.5. The van der Waals surface area contributed by atoms with Crippen LogP contribution in [-0.4, -0.2) is 20.1 Å². The maximum absolute atomic E-state index is 10.4. The Hall–Kier alpha value is -2.41. The second-order valence-corrected chi connectivity index (χ2v) is 7.62. The number of aromatic nitrogens is 1. The van der Waals surface area contributed by atoms with E-state index < -0.39 is 10.1 Å². The summed E-state index contributed by atoms with van der Waals surface area (Å²) in [7, 11) is -2.59. The number of benzene rings is 2. The number of halogens is 1. The first-order valence-electron chi connectivity index (χ1n) is 8.08. The van der Waals surface area contributed by atoms with Gasteiger partial charge < -0.3 is 9.29 Å². The highest BCUT2D eigenvalue weighted by Gasteiger charge is 2.03. The molecule has 3 rings (SSSR count). The molecule has 0 saturated carbocycles. The van der Waals surface area contributed by atoms with E-state index in [1.54, 1.807) is 19.2 Å². The molecule has 0 spiro atoms. The molecule has 7 heteroatoms. The van der Waals surface area contributed by atoms with Gasteiger partial charge >= 0.3 is 0 Å². The van der Waals surface area contributed by atoms with Crippen molar-refractivity contribution in [3.8, 4) is 5.75 Å². The largest absolute Gasteiger partial charge is 0.744 e. The monoisotopic (exact) mass is 405 g/mol. The van der Waals surface area contributed by atoms with E-state index in [4.69, 9.17) is 16.3 Å². The fourth-order valence-electron chi connectivity index (χ4n) is 2.23. The van der Waals surface area contributed by atoms with E-state index in [2.05, 4.69) is 10.6 Å². The van der Waals surface area contributed by atoms with Gasteiger partial charge in [-0.1, -0.05) is 41.4 Å². The Balaban J connectivity index is 0.000000208. The van der Waals surface area contributed by atoms with Crippen LogP contribution in [0.3, 0.4) is 0 Å². The van der Waals surface area contributed by atoms with E-state index in [0.29, 0.717) is 0 Å². The van der Waals surface area contributed by atoms with E-state index in [0.717, 1.165) is 22.9 Å². The van der Waals surface area contributed by atoms with Gasteiger partial charge in [0.25, 0.3) is 0 Å². The first-order valence-corrected chi connectivity index (χ1v) is 9.86. The van der Waals surface area contributed by atoms with Crippen LogP contribution in [-0.2, 0) is 16.7 Å². The minimum Gasteiger partial charge on any atom is -0.744 e. The van der Waals surface area contributed by atoms with Crippen LogP contribution in [0.1, 0.15) is 11.1 Å². The standard InChI is InChI=1S/C13H13ClNO.C7H8O3S/c1-16-13-4-2-3-11(9-13)10-15-7-5-12(14)6-8-15;1-6-2-4-7(5-3-6)11(8,9)10/h2-9H,10H2,1H3;2-5H,1H3,(H,8,9,10)/q+1;/p-1. The topological polar surface area (TPSA) is 70.3 Å². The van der Waals surface area contributed by atoms with Crippen LogP contribution in [0.15, 0.2) is 78.0 Å². The van der Waals surface area contributed by atoms with Crippen LogP contribution in [0, 0.1) is 6.92 Å². The zero-order chi connectivity index (χ0) is 19.9. The van der Waals surface area contributed by atoms with Gasteiger partial charge in [-0.3, -0.25) is 0 Å². The molecular weight excluding hydrogens is 386 g/mol. The molecule has 27 heavy (non-hydrogen) atoms. The number of hydrogen-bond donors (Lipinski definition) is 0. The van der Waals surface area contributed by atoms with Crippen molar-refractivity contribution in [2.45, 2.75) is 18.4 Å². The molecule has 0 N–H and O–H groups in total. The fourth-order valence-corrected chi connectivity index (χ4v) is 2.81. The Morgan fingerprint density at radius 1 is 1.04 bits per heavy atom. The van der Waals surface area contributed by atoms with Crippen LogP contribution in [0.2, 0.25) is 5.02 Å². The number of nitrogens with zero attached hydrogens (tertiary/aromatic N) is 1. The predicted molar refractivity (Wildman–Crippen MR) is 103 cm³/mol. The van der Waals surface area contributed by atoms with Gasteiger partial charge in [0.2, 0.25) is 0 Å². The van der Waals surface area contributed by atoms with E-state index in [-0.39, 0.29) is 4.90 Å². The molecule has 142 valence electrons. The third kappa shape index (κ3) is 7.02. The third-order valence-corrected chi connectivity index (χ3v) is 4.76. The molecule has 5 nitrogen and oxygen atoms in total. The predicted octanol–water partition coefficient (Wildman–Crippen LogP) is 3.58. The van der Waals surface area contributed by atoms with E-state index in [1.165, 1.54) is 17.7 Å². The summed E-state index contributed by atoms with van der Waals surface area (Å²) in [5, 5.41) is 0.752. The van der Waals surface area contributed by atoms with Gasteiger partial charge in [0.05, 0.1) is 17.0 Å². The molecule has 0 radical (unpaired) electrons. The number of rotatable bonds is 4. The second-order valence-electron chi connectivity index (χ2n) is 5.81. The molecule has 0 aliphatic carbocycles. The summed E-state index contributed by atoms with van der Waals surface area (Å²) in [4.78, 5) is -0.178. The number of hydrogen-bond acceptors (Lipinski definition) is 4. The second kappa shape index (κ2) is 9.50. The minimum atomic E-state index is -4.27. The smallest absolute Gasteiger partial charge is 0.173 e. The molecule has 0 aliphatic heterocycles. The molecular formula is C20H20ClNO4S. The SMILES string of the molecule is COc1cccc(C[n+]2ccc(Cl)cc2)c1.Cc1ccc(S(=O)(=O)[O-])cc1. The van der Waals surface area contributed by atoms with Gasteiger partial charge in [-0.25, -0.2) is 13.0 Å². The molecule has 1 aromatic heterocycles. The molecule has 1 heterocycles. The lowest BCUT2D eigenvalue weighted by atomic mass is 10.2. The first kappa shape index (κ1) is 20.9. The average molecular weight is 406 g/mol. The van der Waals surface area contributed by atoms with Crippen LogP contribution in [0.5, 0.6) is 5.75 Å².